The van der Waals surface area contributed by atoms with E-state index in [4.69, 9.17) is 11.5 Å². The predicted octanol–water partition coefficient (Wildman–Crippen LogP) is 3.28. The molecule has 3 amide bonds. The molecule has 0 spiro atoms. The first-order chi connectivity index (χ1) is 14.8. The molecule has 6 nitrogen and oxygen atoms in total. The van der Waals surface area contributed by atoms with Gasteiger partial charge in [-0.15, -0.1) is 0 Å². The molecule has 0 fully saturated rings. The highest BCUT2D eigenvalue weighted by Crippen LogP contribution is 2.20. The molecular formula is C25H33N3O3. The summed E-state index contributed by atoms with van der Waals surface area (Å²) >= 11 is 0. The van der Waals surface area contributed by atoms with Crippen LogP contribution in [0.5, 0.6) is 0 Å². The van der Waals surface area contributed by atoms with Gasteiger partial charge in [0.1, 0.15) is 6.04 Å². The molecule has 0 aliphatic heterocycles. The maximum Gasteiger partial charge on any atom is 0.240 e. The molecule has 0 unspecified atom stereocenters. The zero-order valence-corrected chi connectivity index (χ0v) is 18.4. The van der Waals surface area contributed by atoms with Crippen molar-refractivity contribution < 1.29 is 14.4 Å². The summed E-state index contributed by atoms with van der Waals surface area (Å²) in [7, 11) is 0. The number of nitrogens with zero attached hydrogens (tertiary/aromatic N) is 1. The van der Waals surface area contributed by atoms with Crippen molar-refractivity contribution in [3.8, 4) is 11.1 Å². The van der Waals surface area contributed by atoms with Crippen molar-refractivity contribution in [2.45, 2.75) is 52.0 Å². The lowest BCUT2D eigenvalue weighted by atomic mass is 9.99. The Bertz CT molecular complexity index is 863. The molecule has 166 valence electrons. The van der Waals surface area contributed by atoms with Crippen LogP contribution < -0.4 is 11.5 Å². The van der Waals surface area contributed by atoms with Gasteiger partial charge in [-0.25, -0.2) is 0 Å². The van der Waals surface area contributed by atoms with Crippen LogP contribution in [0.15, 0.2) is 54.6 Å². The van der Waals surface area contributed by atoms with Gasteiger partial charge in [0.15, 0.2) is 0 Å². The second-order valence-corrected chi connectivity index (χ2v) is 8.27. The van der Waals surface area contributed by atoms with Crippen molar-refractivity contribution in [3.05, 3.63) is 60.2 Å². The van der Waals surface area contributed by atoms with E-state index in [1.54, 1.807) is 4.90 Å². The summed E-state index contributed by atoms with van der Waals surface area (Å²) in [5.41, 5.74) is 14.2. The summed E-state index contributed by atoms with van der Waals surface area (Å²) in [6, 6.07) is 17.7. The van der Waals surface area contributed by atoms with Crippen LogP contribution in [-0.4, -0.2) is 35.2 Å². The molecule has 1 atom stereocenters. The standard InChI is InChI=1S/C25H33N3O3/c1-18(2)17-22(25(27)31)28(24(30)10-6-9-23(26)29)16-15-19-11-13-21(14-12-19)20-7-4-3-5-8-20/h3-5,7-8,11-14,18,22H,6,9-10,15-17H2,1-2H3,(H2,26,29)(H2,27,31)/t22-/m0/s1. The Morgan fingerprint density at radius 3 is 2.03 bits per heavy atom. The van der Waals surface area contributed by atoms with E-state index in [1.807, 2.05) is 44.2 Å². The molecule has 0 aromatic heterocycles. The quantitative estimate of drug-likeness (QED) is 0.547. The number of primary amides is 2. The molecule has 0 heterocycles. The third-order valence-corrected chi connectivity index (χ3v) is 5.24. The van der Waals surface area contributed by atoms with Crippen molar-refractivity contribution in [2.24, 2.45) is 17.4 Å². The Labute approximate surface area is 184 Å². The molecule has 2 aromatic carbocycles. The second-order valence-electron chi connectivity index (χ2n) is 8.27. The van der Waals surface area contributed by atoms with E-state index in [0.717, 1.165) is 16.7 Å². The summed E-state index contributed by atoms with van der Waals surface area (Å²) in [5.74, 6) is -0.905. The van der Waals surface area contributed by atoms with Crippen LogP contribution in [0, 0.1) is 5.92 Å². The lowest BCUT2D eigenvalue weighted by Gasteiger charge is -2.31. The number of benzene rings is 2. The Balaban J connectivity index is 2.11. The molecule has 2 aromatic rings. The Kier molecular flexibility index (Phi) is 9.25. The fourth-order valence-corrected chi connectivity index (χ4v) is 3.60. The first-order valence-electron chi connectivity index (χ1n) is 10.8. The molecule has 0 aliphatic rings. The van der Waals surface area contributed by atoms with E-state index in [0.29, 0.717) is 25.8 Å². The zero-order chi connectivity index (χ0) is 22.8. The van der Waals surface area contributed by atoms with Crippen LogP contribution in [0.25, 0.3) is 11.1 Å². The van der Waals surface area contributed by atoms with Gasteiger partial charge in [0.25, 0.3) is 0 Å². The van der Waals surface area contributed by atoms with Gasteiger partial charge in [0.2, 0.25) is 17.7 Å². The maximum atomic E-state index is 12.9. The third kappa shape index (κ3) is 7.89. The molecule has 0 radical (unpaired) electrons. The van der Waals surface area contributed by atoms with Gasteiger partial charge in [0.05, 0.1) is 0 Å². The highest BCUT2D eigenvalue weighted by Gasteiger charge is 2.28. The predicted molar refractivity (Wildman–Crippen MR) is 123 cm³/mol. The highest BCUT2D eigenvalue weighted by molar-refractivity contribution is 5.87. The van der Waals surface area contributed by atoms with E-state index >= 15 is 0 Å². The van der Waals surface area contributed by atoms with Crippen molar-refractivity contribution in [1.82, 2.24) is 4.90 Å². The lowest BCUT2D eigenvalue weighted by molar-refractivity contribution is -0.140. The van der Waals surface area contributed by atoms with Crippen molar-refractivity contribution in [1.29, 1.82) is 0 Å². The second kappa shape index (κ2) is 11.9. The number of carbonyl (C=O) groups is 3. The topological polar surface area (TPSA) is 106 Å². The van der Waals surface area contributed by atoms with Gasteiger partial charge < -0.3 is 16.4 Å². The summed E-state index contributed by atoms with van der Waals surface area (Å²) in [6.07, 6.45) is 1.79. The van der Waals surface area contributed by atoms with Gasteiger partial charge in [-0.05, 0) is 41.9 Å². The monoisotopic (exact) mass is 423 g/mol. The van der Waals surface area contributed by atoms with Crippen LogP contribution >= 0.6 is 0 Å². The molecule has 0 bridgehead atoms. The molecule has 31 heavy (non-hydrogen) atoms. The van der Waals surface area contributed by atoms with E-state index < -0.39 is 17.9 Å². The zero-order valence-electron chi connectivity index (χ0n) is 18.4. The Morgan fingerprint density at radius 2 is 1.48 bits per heavy atom. The lowest BCUT2D eigenvalue weighted by Crippen LogP contribution is -2.49. The average Bonchev–Trinajstić information content (AvgIpc) is 2.73. The van der Waals surface area contributed by atoms with E-state index in [9.17, 15) is 14.4 Å². The van der Waals surface area contributed by atoms with Crippen molar-refractivity contribution in [2.75, 3.05) is 6.54 Å². The van der Waals surface area contributed by atoms with E-state index in [-0.39, 0.29) is 24.7 Å². The van der Waals surface area contributed by atoms with Gasteiger partial charge in [-0.1, -0.05) is 68.4 Å². The maximum absolute atomic E-state index is 12.9. The summed E-state index contributed by atoms with van der Waals surface area (Å²) in [5, 5.41) is 0. The smallest absolute Gasteiger partial charge is 0.240 e. The molecule has 4 N–H and O–H groups in total. The fourth-order valence-electron chi connectivity index (χ4n) is 3.60. The number of carbonyl (C=O) groups excluding carboxylic acids is 3. The number of nitrogens with two attached hydrogens (primary N) is 2. The minimum absolute atomic E-state index is 0.145. The number of hydrogen-bond donors (Lipinski definition) is 2. The number of rotatable bonds is 12. The first-order valence-corrected chi connectivity index (χ1v) is 10.8. The Hall–Kier alpha value is -3.15. The van der Waals surface area contributed by atoms with Crippen molar-refractivity contribution in [3.63, 3.8) is 0 Å². The molecule has 0 aliphatic carbocycles. The van der Waals surface area contributed by atoms with Crippen molar-refractivity contribution >= 4 is 17.7 Å². The molecule has 0 saturated heterocycles. The summed E-state index contributed by atoms with van der Waals surface area (Å²) in [4.78, 5) is 37.6. The molecular weight excluding hydrogens is 390 g/mol. The molecule has 0 saturated carbocycles. The Morgan fingerprint density at radius 1 is 0.871 bits per heavy atom. The number of amides is 3. The highest BCUT2D eigenvalue weighted by atomic mass is 16.2. The minimum atomic E-state index is -0.662. The number of hydrogen-bond acceptors (Lipinski definition) is 3. The van der Waals surface area contributed by atoms with E-state index in [1.165, 1.54) is 0 Å². The molecule has 2 rings (SSSR count). The SMILES string of the molecule is CC(C)C[C@@H](C(N)=O)N(CCc1ccc(-c2ccccc2)cc1)C(=O)CCCC(N)=O. The van der Waals surface area contributed by atoms with Gasteiger partial charge in [-0.2, -0.15) is 0 Å². The van der Waals surface area contributed by atoms with Gasteiger partial charge in [-0.3, -0.25) is 14.4 Å². The van der Waals surface area contributed by atoms with Crippen LogP contribution in [0.4, 0.5) is 0 Å². The average molecular weight is 424 g/mol. The van der Waals surface area contributed by atoms with E-state index in [2.05, 4.69) is 24.3 Å². The van der Waals surface area contributed by atoms with Gasteiger partial charge >= 0.3 is 0 Å². The fraction of sp³-hybridized carbons (Fsp3) is 0.400. The van der Waals surface area contributed by atoms with Crippen LogP contribution in [-0.2, 0) is 20.8 Å². The van der Waals surface area contributed by atoms with Crippen LogP contribution in [0.3, 0.4) is 0 Å². The van der Waals surface area contributed by atoms with Crippen LogP contribution in [0.1, 0.15) is 45.1 Å². The molecule has 6 heteroatoms. The minimum Gasteiger partial charge on any atom is -0.370 e. The van der Waals surface area contributed by atoms with Crippen LogP contribution in [0.2, 0.25) is 0 Å². The largest absolute Gasteiger partial charge is 0.370 e. The summed E-state index contributed by atoms with van der Waals surface area (Å²) in [6.45, 7) is 4.38. The van der Waals surface area contributed by atoms with Gasteiger partial charge in [0, 0.05) is 19.4 Å². The first kappa shape index (κ1) is 24.1. The summed E-state index contributed by atoms with van der Waals surface area (Å²) < 4.78 is 0. The normalized spacial score (nSPS) is 11.8. The third-order valence-electron chi connectivity index (χ3n) is 5.24.